The number of halogens is 1. The standard InChI is InChI=1S/C13H13ClN2O2/c14-13(16-17)8-10-6-7-12(9-15-10)18-11-4-2-1-3-5-11/h2,4-7,9,17H,1,3,8H2/b16-13-. The van der Waals surface area contributed by atoms with Crippen molar-refractivity contribution in [1.29, 1.82) is 0 Å². The fraction of sp³-hybridized carbons (Fsp3) is 0.231. The van der Waals surface area contributed by atoms with Crippen LogP contribution in [0.1, 0.15) is 18.5 Å². The van der Waals surface area contributed by atoms with Crippen LogP contribution in [-0.4, -0.2) is 15.4 Å². The molecule has 18 heavy (non-hydrogen) atoms. The molecule has 0 saturated carbocycles. The van der Waals surface area contributed by atoms with Gasteiger partial charge in [-0.15, -0.1) is 0 Å². The number of hydrogen-bond acceptors (Lipinski definition) is 4. The maximum Gasteiger partial charge on any atom is 0.151 e. The highest BCUT2D eigenvalue weighted by Gasteiger charge is 2.03. The molecule has 0 spiro atoms. The highest BCUT2D eigenvalue weighted by Crippen LogP contribution is 2.17. The SMILES string of the molecule is O/N=C(\Cl)Cc1ccc(OC2=CCCC=C2)cn1. The topological polar surface area (TPSA) is 54.7 Å². The van der Waals surface area contributed by atoms with Crippen LogP contribution in [0.4, 0.5) is 0 Å². The first-order valence-electron chi connectivity index (χ1n) is 5.64. The lowest BCUT2D eigenvalue weighted by molar-refractivity contribution is 0.319. The molecule has 0 saturated heterocycles. The number of ether oxygens (including phenoxy) is 1. The first kappa shape index (κ1) is 12.6. The Kier molecular flexibility index (Phi) is 4.36. The lowest BCUT2D eigenvalue weighted by Crippen LogP contribution is -1.99. The zero-order valence-electron chi connectivity index (χ0n) is 9.71. The van der Waals surface area contributed by atoms with Crippen molar-refractivity contribution in [2.24, 2.45) is 5.16 Å². The van der Waals surface area contributed by atoms with Gasteiger partial charge in [-0.25, -0.2) is 0 Å². The minimum Gasteiger partial charge on any atom is -0.456 e. The van der Waals surface area contributed by atoms with Gasteiger partial charge < -0.3 is 9.94 Å². The summed E-state index contributed by atoms with van der Waals surface area (Å²) in [5.41, 5.74) is 0.721. The Labute approximate surface area is 110 Å². The number of pyridine rings is 1. The fourth-order valence-corrected chi connectivity index (χ4v) is 1.70. The van der Waals surface area contributed by atoms with E-state index in [0.29, 0.717) is 12.2 Å². The monoisotopic (exact) mass is 264 g/mol. The predicted octanol–water partition coefficient (Wildman–Crippen LogP) is 3.26. The second kappa shape index (κ2) is 6.21. The van der Waals surface area contributed by atoms with Crippen LogP contribution in [0.2, 0.25) is 0 Å². The van der Waals surface area contributed by atoms with Crippen LogP contribution in [0.25, 0.3) is 0 Å². The van der Waals surface area contributed by atoms with Gasteiger partial charge in [0.15, 0.2) is 5.17 Å². The van der Waals surface area contributed by atoms with Crippen LogP contribution in [0, 0.1) is 0 Å². The zero-order valence-corrected chi connectivity index (χ0v) is 10.5. The van der Waals surface area contributed by atoms with E-state index in [9.17, 15) is 0 Å². The third kappa shape index (κ3) is 3.60. The van der Waals surface area contributed by atoms with Crippen LogP contribution >= 0.6 is 11.6 Å². The van der Waals surface area contributed by atoms with Crippen molar-refractivity contribution in [3.8, 4) is 5.75 Å². The van der Waals surface area contributed by atoms with Gasteiger partial charge in [0.2, 0.25) is 0 Å². The lowest BCUT2D eigenvalue weighted by atomic mass is 10.2. The average molecular weight is 265 g/mol. The number of nitrogens with zero attached hydrogens (tertiary/aromatic N) is 2. The summed E-state index contributed by atoms with van der Waals surface area (Å²) in [6.07, 6.45) is 10.1. The van der Waals surface area contributed by atoms with Crippen molar-refractivity contribution in [2.75, 3.05) is 0 Å². The van der Waals surface area contributed by atoms with Crippen molar-refractivity contribution in [3.63, 3.8) is 0 Å². The third-order valence-corrected chi connectivity index (χ3v) is 2.64. The van der Waals surface area contributed by atoms with E-state index >= 15 is 0 Å². The van der Waals surface area contributed by atoms with Crippen LogP contribution in [-0.2, 0) is 6.42 Å². The quantitative estimate of drug-likeness (QED) is 0.516. The van der Waals surface area contributed by atoms with Gasteiger partial charge in [0.05, 0.1) is 6.20 Å². The molecule has 94 valence electrons. The average Bonchev–Trinajstić information content (AvgIpc) is 2.42. The van der Waals surface area contributed by atoms with Crippen molar-refractivity contribution >= 4 is 16.8 Å². The summed E-state index contributed by atoms with van der Waals surface area (Å²) >= 11 is 5.61. The first-order valence-corrected chi connectivity index (χ1v) is 6.01. The predicted molar refractivity (Wildman–Crippen MR) is 70.1 cm³/mol. The second-order valence-corrected chi connectivity index (χ2v) is 4.26. The number of oxime groups is 1. The molecule has 2 rings (SSSR count). The molecule has 1 aliphatic carbocycles. The molecule has 1 aromatic heterocycles. The van der Waals surface area contributed by atoms with E-state index in [4.69, 9.17) is 21.5 Å². The fourth-order valence-electron chi connectivity index (χ4n) is 1.56. The Balaban J connectivity index is 1.99. The van der Waals surface area contributed by atoms with Gasteiger partial charge in [-0.2, -0.15) is 0 Å². The molecule has 1 aromatic rings. The molecule has 0 fully saturated rings. The van der Waals surface area contributed by atoms with Crippen LogP contribution in [0.3, 0.4) is 0 Å². The Morgan fingerprint density at radius 3 is 2.94 bits per heavy atom. The van der Waals surface area contributed by atoms with Gasteiger partial charge in [0.1, 0.15) is 11.5 Å². The van der Waals surface area contributed by atoms with E-state index in [2.05, 4.69) is 16.2 Å². The smallest absolute Gasteiger partial charge is 0.151 e. The molecule has 4 nitrogen and oxygen atoms in total. The largest absolute Gasteiger partial charge is 0.456 e. The molecule has 0 atom stereocenters. The van der Waals surface area contributed by atoms with Gasteiger partial charge >= 0.3 is 0 Å². The summed E-state index contributed by atoms with van der Waals surface area (Å²) in [5.74, 6) is 1.51. The number of aromatic nitrogens is 1. The van der Waals surface area contributed by atoms with Crippen LogP contribution in [0.5, 0.6) is 5.75 Å². The van der Waals surface area contributed by atoms with Crippen LogP contribution in [0.15, 0.2) is 47.5 Å². The highest BCUT2D eigenvalue weighted by atomic mass is 35.5. The molecule has 1 aliphatic rings. The molecule has 0 unspecified atom stereocenters. The Bertz CT molecular complexity index is 492. The van der Waals surface area contributed by atoms with E-state index in [1.54, 1.807) is 12.3 Å². The molecular formula is C13H13ClN2O2. The summed E-state index contributed by atoms with van der Waals surface area (Å²) in [6, 6.07) is 3.60. The second-order valence-electron chi connectivity index (χ2n) is 3.83. The third-order valence-electron chi connectivity index (χ3n) is 2.43. The van der Waals surface area contributed by atoms with Crippen molar-refractivity contribution < 1.29 is 9.94 Å². The number of allylic oxidation sites excluding steroid dienone is 3. The summed E-state index contributed by atoms with van der Waals surface area (Å²) in [7, 11) is 0. The minimum absolute atomic E-state index is 0.106. The van der Waals surface area contributed by atoms with E-state index in [1.165, 1.54) is 0 Å². The van der Waals surface area contributed by atoms with Gasteiger partial charge in [-0.05, 0) is 37.1 Å². The molecule has 0 bridgehead atoms. The van der Waals surface area contributed by atoms with Gasteiger partial charge in [-0.1, -0.05) is 22.8 Å². The molecule has 0 radical (unpaired) electrons. The summed E-state index contributed by atoms with van der Waals surface area (Å²) in [6.45, 7) is 0. The van der Waals surface area contributed by atoms with E-state index in [1.807, 2.05) is 18.2 Å². The molecule has 5 heteroatoms. The molecule has 0 amide bonds. The number of rotatable bonds is 4. The molecule has 1 N–H and O–H groups in total. The zero-order chi connectivity index (χ0) is 12.8. The van der Waals surface area contributed by atoms with Gasteiger partial charge in [0.25, 0.3) is 0 Å². The molecule has 0 aliphatic heterocycles. The summed E-state index contributed by atoms with van der Waals surface area (Å²) in [5, 5.41) is 11.5. The summed E-state index contributed by atoms with van der Waals surface area (Å²) in [4.78, 5) is 4.18. The molecular weight excluding hydrogens is 252 g/mol. The maximum atomic E-state index is 8.46. The Hall–Kier alpha value is -1.81. The van der Waals surface area contributed by atoms with Crippen LogP contribution < -0.4 is 4.74 Å². The normalized spacial score (nSPS) is 15.4. The molecule has 1 heterocycles. The van der Waals surface area contributed by atoms with E-state index in [-0.39, 0.29) is 5.17 Å². The first-order chi connectivity index (χ1) is 8.78. The van der Waals surface area contributed by atoms with Crippen molar-refractivity contribution in [3.05, 3.63) is 48.0 Å². The van der Waals surface area contributed by atoms with Gasteiger partial charge in [-0.3, -0.25) is 4.98 Å². The van der Waals surface area contributed by atoms with Crippen molar-refractivity contribution in [1.82, 2.24) is 4.98 Å². The minimum atomic E-state index is 0.106. The highest BCUT2D eigenvalue weighted by molar-refractivity contribution is 6.65. The Morgan fingerprint density at radius 1 is 1.44 bits per heavy atom. The van der Waals surface area contributed by atoms with Crippen molar-refractivity contribution in [2.45, 2.75) is 19.3 Å². The number of hydrogen-bond donors (Lipinski definition) is 1. The Morgan fingerprint density at radius 2 is 2.33 bits per heavy atom. The van der Waals surface area contributed by atoms with E-state index in [0.717, 1.165) is 24.3 Å². The van der Waals surface area contributed by atoms with E-state index < -0.39 is 0 Å². The van der Waals surface area contributed by atoms with Gasteiger partial charge in [0, 0.05) is 12.1 Å². The molecule has 0 aromatic carbocycles. The maximum absolute atomic E-state index is 8.46. The summed E-state index contributed by atoms with van der Waals surface area (Å²) < 4.78 is 5.64. The lowest BCUT2D eigenvalue weighted by Gasteiger charge is -2.09.